The summed E-state index contributed by atoms with van der Waals surface area (Å²) in [7, 11) is -3.97. The number of amides is 1. The first-order valence-corrected chi connectivity index (χ1v) is 13.0. The van der Waals surface area contributed by atoms with Crippen molar-refractivity contribution in [3.8, 4) is 5.75 Å². The van der Waals surface area contributed by atoms with Crippen molar-refractivity contribution in [2.45, 2.75) is 23.2 Å². The molecule has 0 radical (unpaired) electrons. The number of carbonyl (C=O) groups is 2. The van der Waals surface area contributed by atoms with Gasteiger partial charge in [0, 0.05) is 0 Å². The van der Waals surface area contributed by atoms with E-state index < -0.39 is 27.9 Å². The summed E-state index contributed by atoms with van der Waals surface area (Å²) in [5, 5.41) is 0.475. The molecule has 0 N–H and O–H groups in total. The van der Waals surface area contributed by atoms with E-state index >= 15 is 0 Å². The van der Waals surface area contributed by atoms with Gasteiger partial charge in [-0.25, -0.2) is 0 Å². The Morgan fingerprint density at radius 1 is 0.968 bits per heavy atom. The fourth-order valence-corrected chi connectivity index (χ4v) is 7.57. The maximum absolute atomic E-state index is 13.3. The monoisotopic (exact) mass is 501 g/mol. The van der Waals surface area contributed by atoms with Crippen molar-refractivity contribution in [1.82, 2.24) is 4.31 Å². The second kappa shape index (κ2) is 8.67. The number of hydrogen-bond acceptors (Lipinski definition) is 5. The number of sulfonamides is 1. The van der Waals surface area contributed by atoms with Crippen LogP contribution in [-0.2, 0) is 14.8 Å². The van der Waals surface area contributed by atoms with Gasteiger partial charge in [-0.1, -0.05) is 0 Å². The van der Waals surface area contributed by atoms with Crippen molar-refractivity contribution >= 4 is 41.3 Å². The minimum absolute atomic E-state index is 0.0359. The van der Waals surface area contributed by atoms with E-state index in [4.69, 9.17) is 4.74 Å². The number of fused-ring (bicyclic) bond motifs is 1. The van der Waals surface area contributed by atoms with Gasteiger partial charge in [0.15, 0.2) is 0 Å². The van der Waals surface area contributed by atoms with Crippen LogP contribution in [0.25, 0.3) is 0 Å². The van der Waals surface area contributed by atoms with Crippen molar-refractivity contribution < 1.29 is 22.7 Å². The molecule has 1 aliphatic rings. The summed E-state index contributed by atoms with van der Waals surface area (Å²) < 4.78 is 33.7. The Bertz CT molecular complexity index is 1230. The quantitative estimate of drug-likeness (QED) is 0.296. The molecule has 0 aliphatic carbocycles. The van der Waals surface area contributed by atoms with E-state index in [1.54, 1.807) is 42.5 Å². The van der Waals surface area contributed by atoms with Gasteiger partial charge in [-0.15, -0.1) is 0 Å². The number of carbonyl (C=O) groups excluding carboxylic acids is 2. The number of nitrogens with zero attached hydrogens (tertiary/aromatic N) is 1. The molecule has 1 unspecified atom stereocenters. The van der Waals surface area contributed by atoms with Crippen molar-refractivity contribution in [1.29, 1.82) is 0 Å². The molecule has 6 nitrogen and oxygen atoms in total. The maximum atomic E-state index is 13.3. The first-order chi connectivity index (χ1) is 14.9. The Labute approximate surface area is 187 Å². The average molecular weight is 500 g/mol. The summed E-state index contributed by atoms with van der Waals surface area (Å²) >= 11 is -0.0644. The van der Waals surface area contributed by atoms with Gasteiger partial charge in [0.1, 0.15) is 0 Å². The van der Waals surface area contributed by atoms with Crippen LogP contribution in [0.2, 0.25) is 5.32 Å². The number of hydrogen-bond donors (Lipinski definition) is 0. The zero-order valence-electron chi connectivity index (χ0n) is 16.6. The van der Waals surface area contributed by atoms with Crippen LogP contribution in [0.4, 0.5) is 0 Å². The molecule has 1 heterocycles. The first kappa shape index (κ1) is 21.3. The molecule has 1 aliphatic heterocycles. The Morgan fingerprint density at radius 3 is 2.26 bits per heavy atom. The third-order valence-corrected chi connectivity index (χ3v) is 8.95. The third-order valence-electron chi connectivity index (χ3n) is 4.82. The Kier molecular flexibility index (Phi) is 5.96. The molecule has 0 aromatic heterocycles. The van der Waals surface area contributed by atoms with E-state index in [2.05, 4.69) is 0 Å². The van der Waals surface area contributed by atoms with E-state index in [-0.39, 0.29) is 25.4 Å². The van der Waals surface area contributed by atoms with Gasteiger partial charge >= 0.3 is 187 Å². The molecule has 4 rings (SSSR count). The van der Waals surface area contributed by atoms with Gasteiger partial charge in [0.25, 0.3) is 0 Å². The molecule has 3 aromatic carbocycles. The summed E-state index contributed by atoms with van der Waals surface area (Å²) in [6, 6.07) is 22.0. The molecule has 0 saturated carbocycles. The van der Waals surface area contributed by atoms with Gasteiger partial charge in [-0.3, -0.25) is 0 Å². The third kappa shape index (κ3) is 4.28. The second-order valence-electron chi connectivity index (χ2n) is 6.90. The molecule has 0 bridgehead atoms. The fourth-order valence-electron chi connectivity index (χ4n) is 3.43. The number of benzene rings is 3. The Hall–Kier alpha value is -2.93. The standard InChI is InChI=1S/C23H19NO5SSe/c1-16(25)29-18-13-11-17(12-14-18)21(15-31-19-7-3-2-4-8-19)24-23(26)20-9-5-6-10-22(20)30(24,27)28/h2-14,21H,15H2,1H3. The Balaban J connectivity index is 1.72. The molecular formula is C23H19NO5SSe. The van der Waals surface area contributed by atoms with Crippen LogP contribution in [-0.4, -0.2) is 39.6 Å². The SMILES string of the molecule is CC(=O)Oc1ccc(C(C[Se]c2ccccc2)N2C(=O)c3ccccc3S2(=O)=O)cc1. The fraction of sp³-hybridized carbons (Fsp3) is 0.130. The molecular weight excluding hydrogens is 481 g/mol. The van der Waals surface area contributed by atoms with Gasteiger partial charge in [-0.05, 0) is 0 Å². The topological polar surface area (TPSA) is 80.8 Å². The minimum atomic E-state index is -3.97. The van der Waals surface area contributed by atoms with Crippen molar-refractivity contribution in [3.05, 3.63) is 90.0 Å². The molecule has 0 saturated heterocycles. The van der Waals surface area contributed by atoms with E-state index in [1.807, 2.05) is 30.3 Å². The van der Waals surface area contributed by atoms with Crippen LogP contribution in [0.3, 0.4) is 0 Å². The summed E-state index contributed by atoms with van der Waals surface area (Å²) in [4.78, 5) is 24.4. The second-order valence-corrected chi connectivity index (χ2v) is 11.0. The zero-order valence-corrected chi connectivity index (χ0v) is 19.1. The summed E-state index contributed by atoms with van der Waals surface area (Å²) in [6.45, 7) is 1.31. The van der Waals surface area contributed by atoms with E-state index in [1.165, 1.54) is 13.0 Å². The van der Waals surface area contributed by atoms with Gasteiger partial charge in [-0.2, -0.15) is 0 Å². The molecule has 0 spiro atoms. The molecule has 1 atom stereocenters. The van der Waals surface area contributed by atoms with Gasteiger partial charge in [0.05, 0.1) is 0 Å². The summed E-state index contributed by atoms with van der Waals surface area (Å²) in [5.41, 5.74) is 0.856. The molecule has 0 fully saturated rings. The van der Waals surface area contributed by atoms with Crippen LogP contribution in [0.15, 0.2) is 83.8 Å². The van der Waals surface area contributed by atoms with Crippen LogP contribution >= 0.6 is 0 Å². The molecule has 1 amide bonds. The zero-order chi connectivity index (χ0) is 22.0. The predicted molar refractivity (Wildman–Crippen MR) is 117 cm³/mol. The van der Waals surface area contributed by atoms with Crippen LogP contribution in [0, 0.1) is 0 Å². The summed E-state index contributed by atoms with van der Waals surface area (Å²) in [5.74, 6) is -0.597. The van der Waals surface area contributed by atoms with E-state index in [0.29, 0.717) is 16.6 Å². The number of esters is 1. The van der Waals surface area contributed by atoms with Crippen molar-refractivity contribution in [2.75, 3.05) is 0 Å². The van der Waals surface area contributed by atoms with Crippen LogP contribution in [0.5, 0.6) is 5.75 Å². The molecule has 8 heteroatoms. The van der Waals surface area contributed by atoms with Gasteiger partial charge in [0.2, 0.25) is 0 Å². The number of rotatable bonds is 6. The first-order valence-electron chi connectivity index (χ1n) is 9.52. The van der Waals surface area contributed by atoms with E-state index in [0.717, 1.165) is 8.77 Å². The van der Waals surface area contributed by atoms with E-state index in [9.17, 15) is 18.0 Å². The number of ether oxygens (including phenoxy) is 1. The Morgan fingerprint density at radius 2 is 1.61 bits per heavy atom. The predicted octanol–water partition coefficient (Wildman–Crippen LogP) is 2.95. The molecule has 31 heavy (non-hydrogen) atoms. The van der Waals surface area contributed by atoms with Gasteiger partial charge < -0.3 is 0 Å². The molecule has 158 valence electrons. The van der Waals surface area contributed by atoms with Crippen LogP contribution in [0.1, 0.15) is 28.9 Å². The van der Waals surface area contributed by atoms with Crippen molar-refractivity contribution in [2.24, 2.45) is 0 Å². The van der Waals surface area contributed by atoms with Crippen LogP contribution < -0.4 is 9.20 Å². The average Bonchev–Trinajstić information content (AvgIpc) is 2.96. The molecule has 3 aromatic rings. The summed E-state index contributed by atoms with van der Waals surface area (Å²) in [6.07, 6.45) is 0. The van der Waals surface area contributed by atoms with Crippen molar-refractivity contribution in [3.63, 3.8) is 0 Å². The normalized spacial score (nSPS) is 15.4.